The van der Waals surface area contributed by atoms with E-state index >= 15 is 0 Å². The molecule has 1 amide bonds. The van der Waals surface area contributed by atoms with Crippen molar-refractivity contribution in [1.29, 1.82) is 0 Å². The average molecular weight is 478 g/mol. The second kappa shape index (κ2) is 11.5. The zero-order valence-corrected chi connectivity index (χ0v) is 20.3. The first-order valence-corrected chi connectivity index (χ1v) is 11.8. The number of anilines is 4. The molecule has 9 heteroatoms. The minimum absolute atomic E-state index is 0.230. The summed E-state index contributed by atoms with van der Waals surface area (Å²) in [6.45, 7) is 9.77. The van der Waals surface area contributed by atoms with Gasteiger partial charge in [0.2, 0.25) is 5.95 Å². The number of hydrogen-bond acceptors (Lipinski definition) is 8. The van der Waals surface area contributed by atoms with Gasteiger partial charge in [-0.05, 0) is 63.2 Å². The van der Waals surface area contributed by atoms with E-state index in [2.05, 4.69) is 25.5 Å². The van der Waals surface area contributed by atoms with Gasteiger partial charge in [0.15, 0.2) is 11.5 Å². The minimum atomic E-state index is -0.230. The van der Waals surface area contributed by atoms with Gasteiger partial charge in [0.1, 0.15) is 5.82 Å². The fraction of sp³-hybridized carbons (Fsp3) is 0.346. The lowest BCUT2D eigenvalue weighted by Gasteiger charge is -2.28. The molecule has 0 bridgehead atoms. The molecule has 1 saturated heterocycles. The molecular weight excluding hydrogens is 446 g/mol. The van der Waals surface area contributed by atoms with Gasteiger partial charge in [0.05, 0.1) is 26.4 Å². The van der Waals surface area contributed by atoms with Crippen molar-refractivity contribution >= 4 is 29.0 Å². The number of nitrogens with one attached hydrogen (secondary N) is 2. The van der Waals surface area contributed by atoms with Crippen LogP contribution in [0.25, 0.3) is 0 Å². The molecule has 1 aliphatic rings. The van der Waals surface area contributed by atoms with E-state index in [4.69, 9.17) is 14.2 Å². The van der Waals surface area contributed by atoms with E-state index in [1.54, 1.807) is 18.2 Å². The lowest BCUT2D eigenvalue weighted by molar-refractivity contribution is 0.102. The standard InChI is InChI=1S/C26H31N5O4/c1-4-34-22-11-6-19(17-23(22)35-5-2)25(32)28-20-7-9-21(10-8-20)29-26-27-18(3)16-24(30-26)31-12-14-33-15-13-31/h6-11,16-17H,4-5,12-15H2,1-3H3,(H,28,32)(H,27,29,30). The normalized spacial score (nSPS) is 13.3. The molecule has 1 aliphatic heterocycles. The van der Waals surface area contributed by atoms with Gasteiger partial charge >= 0.3 is 0 Å². The van der Waals surface area contributed by atoms with Crippen LogP contribution in [0.4, 0.5) is 23.1 Å². The zero-order valence-electron chi connectivity index (χ0n) is 20.3. The van der Waals surface area contributed by atoms with Crippen LogP contribution in [0.1, 0.15) is 29.9 Å². The van der Waals surface area contributed by atoms with Crippen LogP contribution in [0.5, 0.6) is 11.5 Å². The van der Waals surface area contributed by atoms with Crippen LogP contribution < -0.4 is 25.0 Å². The molecule has 0 atom stereocenters. The second-order valence-corrected chi connectivity index (χ2v) is 7.97. The van der Waals surface area contributed by atoms with Crippen molar-refractivity contribution in [1.82, 2.24) is 9.97 Å². The number of carbonyl (C=O) groups is 1. The van der Waals surface area contributed by atoms with E-state index in [0.29, 0.717) is 55.1 Å². The summed E-state index contributed by atoms with van der Waals surface area (Å²) in [5.41, 5.74) is 2.87. The van der Waals surface area contributed by atoms with Crippen molar-refractivity contribution in [3.8, 4) is 11.5 Å². The fourth-order valence-corrected chi connectivity index (χ4v) is 3.72. The van der Waals surface area contributed by atoms with Crippen LogP contribution in [0.15, 0.2) is 48.5 Å². The molecule has 9 nitrogen and oxygen atoms in total. The molecule has 0 radical (unpaired) electrons. The Kier molecular flexibility index (Phi) is 7.99. The highest BCUT2D eigenvalue weighted by molar-refractivity contribution is 6.04. The Labute approximate surface area is 205 Å². The Hall–Kier alpha value is -3.85. The number of aryl methyl sites for hydroxylation is 1. The van der Waals surface area contributed by atoms with Crippen molar-refractivity contribution in [2.75, 3.05) is 55.1 Å². The molecule has 2 aromatic carbocycles. The Morgan fingerprint density at radius 1 is 0.943 bits per heavy atom. The predicted molar refractivity (Wildman–Crippen MR) is 136 cm³/mol. The molecular formula is C26H31N5O4. The minimum Gasteiger partial charge on any atom is -0.490 e. The monoisotopic (exact) mass is 477 g/mol. The molecule has 1 aromatic heterocycles. The van der Waals surface area contributed by atoms with Gasteiger partial charge in [-0.25, -0.2) is 4.98 Å². The molecule has 1 fully saturated rings. The van der Waals surface area contributed by atoms with Crippen LogP contribution in [0.2, 0.25) is 0 Å². The maximum absolute atomic E-state index is 12.8. The first-order chi connectivity index (χ1) is 17.1. The molecule has 0 saturated carbocycles. The summed E-state index contributed by atoms with van der Waals surface area (Å²) in [7, 11) is 0. The maximum Gasteiger partial charge on any atom is 0.255 e. The highest BCUT2D eigenvalue weighted by atomic mass is 16.5. The first kappa shape index (κ1) is 24.3. The van der Waals surface area contributed by atoms with Crippen LogP contribution in [-0.2, 0) is 4.74 Å². The molecule has 2 N–H and O–H groups in total. The molecule has 0 aliphatic carbocycles. The largest absolute Gasteiger partial charge is 0.490 e. The van der Waals surface area contributed by atoms with Crippen molar-refractivity contribution in [2.45, 2.75) is 20.8 Å². The summed E-state index contributed by atoms with van der Waals surface area (Å²) < 4.78 is 16.6. The topological polar surface area (TPSA) is 97.8 Å². The molecule has 35 heavy (non-hydrogen) atoms. The van der Waals surface area contributed by atoms with Gasteiger partial charge < -0.3 is 29.7 Å². The summed E-state index contributed by atoms with van der Waals surface area (Å²) >= 11 is 0. The van der Waals surface area contributed by atoms with Gasteiger partial charge in [-0.2, -0.15) is 4.98 Å². The Morgan fingerprint density at radius 2 is 1.63 bits per heavy atom. The number of rotatable bonds is 9. The molecule has 4 rings (SSSR count). The van der Waals surface area contributed by atoms with Crippen LogP contribution >= 0.6 is 0 Å². The van der Waals surface area contributed by atoms with Crippen molar-refractivity contribution in [2.24, 2.45) is 0 Å². The summed E-state index contributed by atoms with van der Waals surface area (Å²) in [5.74, 6) is 2.36. The number of benzene rings is 2. The molecule has 184 valence electrons. The van der Waals surface area contributed by atoms with E-state index in [1.807, 2.05) is 51.1 Å². The second-order valence-electron chi connectivity index (χ2n) is 7.97. The van der Waals surface area contributed by atoms with Gasteiger partial charge in [0, 0.05) is 41.8 Å². The summed E-state index contributed by atoms with van der Waals surface area (Å²) in [4.78, 5) is 24.1. The van der Waals surface area contributed by atoms with Crippen molar-refractivity contribution < 1.29 is 19.0 Å². The summed E-state index contributed by atoms with van der Waals surface area (Å²) in [6, 6.07) is 14.6. The number of nitrogens with zero attached hydrogens (tertiary/aromatic N) is 3. The number of ether oxygens (including phenoxy) is 3. The van der Waals surface area contributed by atoms with Crippen LogP contribution in [0.3, 0.4) is 0 Å². The number of aromatic nitrogens is 2. The predicted octanol–water partition coefficient (Wildman–Crippen LogP) is 4.41. The third-order valence-electron chi connectivity index (χ3n) is 5.38. The first-order valence-electron chi connectivity index (χ1n) is 11.8. The third kappa shape index (κ3) is 6.39. The van der Waals surface area contributed by atoms with E-state index in [9.17, 15) is 4.79 Å². The fourth-order valence-electron chi connectivity index (χ4n) is 3.72. The smallest absolute Gasteiger partial charge is 0.255 e. The zero-order chi connectivity index (χ0) is 24.6. The van der Waals surface area contributed by atoms with Crippen molar-refractivity contribution in [3.05, 3.63) is 59.8 Å². The Balaban J connectivity index is 1.42. The number of hydrogen-bond donors (Lipinski definition) is 2. The highest BCUT2D eigenvalue weighted by Crippen LogP contribution is 2.29. The van der Waals surface area contributed by atoms with Crippen LogP contribution in [-0.4, -0.2) is 55.4 Å². The molecule has 2 heterocycles. The van der Waals surface area contributed by atoms with Crippen LogP contribution in [0, 0.1) is 6.92 Å². The van der Waals surface area contributed by atoms with Gasteiger partial charge in [-0.15, -0.1) is 0 Å². The molecule has 3 aromatic rings. The van der Waals surface area contributed by atoms with Gasteiger partial charge in [-0.3, -0.25) is 4.79 Å². The molecule has 0 spiro atoms. The Morgan fingerprint density at radius 3 is 2.34 bits per heavy atom. The van der Waals surface area contributed by atoms with Crippen molar-refractivity contribution in [3.63, 3.8) is 0 Å². The van der Waals surface area contributed by atoms with E-state index < -0.39 is 0 Å². The number of morpholine rings is 1. The molecule has 0 unspecified atom stereocenters. The van der Waals surface area contributed by atoms with Gasteiger partial charge in [-0.1, -0.05) is 0 Å². The van der Waals surface area contributed by atoms with E-state index in [-0.39, 0.29) is 5.91 Å². The lowest BCUT2D eigenvalue weighted by atomic mass is 10.1. The Bertz CT molecular complexity index is 1150. The highest BCUT2D eigenvalue weighted by Gasteiger charge is 2.15. The average Bonchev–Trinajstić information content (AvgIpc) is 2.87. The lowest BCUT2D eigenvalue weighted by Crippen LogP contribution is -2.36. The third-order valence-corrected chi connectivity index (χ3v) is 5.38. The van der Waals surface area contributed by atoms with Gasteiger partial charge in [0.25, 0.3) is 5.91 Å². The van der Waals surface area contributed by atoms with E-state index in [0.717, 1.165) is 30.3 Å². The SMILES string of the molecule is CCOc1ccc(C(=O)Nc2ccc(Nc3nc(C)cc(N4CCOCC4)n3)cc2)cc1OCC. The quantitative estimate of drug-likeness (QED) is 0.468. The summed E-state index contributed by atoms with van der Waals surface area (Å²) in [6.07, 6.45) is 0. The number of amides is 1. The number of carbonyl (C=O) groups excluding carboxylic acids is 1. The maximum atomic E-state index is 12.8. The van der Waals surface area contributed by atoms with E-state index in [1.165, 1.54) is 0 Å². The summed E-state index contributed by atoms with van der Waals surface area (Å²) in [5, 5.41) is 6.17.